The van der Waals surface area contributed by atoms with Crippen molar-refractivity contribution in [1.82, 2.24) is 5.32 Å². The Bertz CT molecular complexity index is 496. The zero-order valence-corrected chi connectivity index (χ0v) is 9.16. The Kier molecular flexibility index (Phi) is 2.90. The van der Waals surface area contributed by atoms with E-state index in [1.165, 1.54) is 0 Å². The Morgan fingerprint density at radius 2 is 1.83 bits per heavy atom. The molecule has 1 unspecified atom stereocenters. The molecule has 1 heterocycles. The van der Waals surface area contributed by atoms with Gasteiger partial charge in [-0.15, -0.1) is 0 Å². The van der Waals surface area contributed by atoms with Crippen molar-refractivity contribution in [3.05, 3.63) is 42.0 Å². The summed E-state index contributed by atoms with van der Waals surface area (Å²) in [5.41, 5.74) is -2.57. The monoisotopic (exact) mass is 257 g/mol. The normalized spacial score (nSPS) is 24.4. The third-order valence-electron chi connectivity index (χ3n) is 2.70. The van der Waals surface area contributed by atoms with Gasteiger partial charge in [-0.1, -0.05) is 30.3 Å². The number of carbonyl (C=O) groups is 1. The molecule has 1 atom stereocenters. The molecule has 1 amide bonds. The zero-order valence-electron chi connectivity index (χ0n) is 9.16. The van der Waals surface area contributed by atoms with Gasteiger partial charge in [0.2, 0.25) is 11.6 Å². The van der Waals surface area contributed by atoms with Crippen LogP contribution in [0.25, 0.3) is 5.57 Å². The third kappa shape index (κ3) is 2.24. The molecular weight excluding hydrogens is 247 g/mol. The molecular formula is C12H10F3NO2. The first-order chi connectivity index (χ1) is 8.32. The van der Waals surface area contributed by atoms with E-state index < -0.39 is 24.2 Å². The molecule has 1 aromatic rings. The molecule has 18 heavy (non-hydrogen) atoms. The fraction of sp³-hybridized carbons (Fsp3) is 0.250. The number of benzene rings is 1. The maximum absolute atomic E-state index is 12.7. The number of carbonyl (C=O) groups excluding carboxylic acids is 1. The molecule has 0 aliphatic carbocycles. The second-order valence-corrected chi connectivity index (χ2v) is 4.06. The van der Waals surface area contributed by atoms with Crippen LogP contribution >= 0.6 is 0 Å². The molecule has 0 bridgehead atoms. The molecule has 96 valence electrons. The fourth-order valence-corrected chi connectivity index (χ4v) is 1.78. The van der Waals surface area contributed by atoms with E-state index in [-0.39, 0.29) is 5.57 Å². The van der Waals surface area contributed by atoms with E-state index in [4.69, 9.17) is 0 Å². The van der Waals surface area contributed by atoms with E-state index in [1.807, 2.05) is 0 Å². The number of amides is 1. The van der Waals surface area contributed by atoms with Gasteiger partial charge in [-0.2, -0.15) is 13.2 Å². The minimum atomic E-state index is -4.92. The van der Waals surface area contributed by atoms with Crippen molar-refractivity contribution in [2.75, 3.05) is 0 Å². The van der Waals surface area contributed by atoms with E-state index in [9.17, 15) is 23.1 Å². The predicted molar refractivity (Wildman–Crippen MR) is 58.2 cm³/mol. The second-order valence-electron chi connectivity index (χ2n) is 4.06. The van der Waals surface area contributed by atoms with E-state index in [0.29, 0.717) is 5.56 Å². The van der Waals surface area contributed by atoms with Crippen LogP contribution in [0.2, 0.25) is 0 Å². The van der Waals surface area contributed by atoms with E-state index in [1.54, 1.807) is 35.6 Å². The first-order valence-corrected chi connectivity index (χ1v) is 5.19. The first-order valence-electron chi connectivity index (χ1n) is 5.19. The van der Waals surface area contributed by atoms with Crippen LogP contribution in [0.5, 0.6) is 0 Å². The molecule has 0 spiro atoms. The lowest BCUT2D eigenvalue weighted by Gasteiger charge is -2.34. The summed E-state index contributed by atoms with van der Waals surface area (Å²) in [6.45, 7) is 0. The summed E-state index contributed by atoms with van der Waals surface area (Å²) in [6, 6.07) is 8.18. The van der Waals surface area contributed by atoms with Gasteiger partial charge in [0.15, 0.2) is 0 Å². The number of halogens is 3. The third-order valence-corrected chi connectivity index (χ3v) is 2.70. The Hall–Kier alpha value is -1.82. The Labute approximate surface area is 101 Å². The average Bonchev–Trinajstić information content (AvgIpc) is 2.27. The van der Waals surface area contributed by atoms with Crippen LogP contribution in [0.1, 0.15) is 12.0 Å². The number of hydrogen-bond donors (Lipinski definition) is 2. The SMILES string of the molecule is O=C1C=C(c2ccccc2)CC(O)(C(F)(F)F)N1. The number of rotatable bonds is 1. The highest BCUT2D eigenvalue weighted by molar-refractivity contribution is 5.97. The molecule has 1 aliphatic rings. The van der Waals surface area contributed by atoms with Crippen LogP contribution in [-0.4, -0.2) is 22.9 Å². The standard InChI is InChI=1S/C12H10F3NO2/c13-12(14,15)11(18)7-9(6-10(17)16-11)8-4-2-1-3-5-8/h1-6,18H,7H2,(H,16,17). The van der Waals surface area contributed by atoms with Gasteiger partial charge < -0.3 is 10.4 Å². The van der Waals surface area contributed by atoms with Gasteiger partial charge in [-0.25, -0.2) is 0 Å². The van der Waals surface area contributed by atoms with Gasteiger partial charge in [-0.3, -0.25) is 4.79 Å². The summed E-state index contributed by atoms with van der Waals surface area (Å²) < 4.78 is 38.1. The Morgan fingerprint density at radius 1 is 1.22 bits per heavy atom. The molecule has 0 radical (unpaired) electrons. The summed E-state index contributed by atoms with van der Waals surface area (Å²) in [7, 11) is 0. The van der Waals surface area contributed by atoms with Crippen LogP contribution in [0.4, 0.5) is 13.2 Å². The molecule has 1 aromatic carbocycles. The summed E-state index contributed by atoms with van der Waals surface area (Å²) in [5, 5.41) is 11.1. The smallest absolute Gasteiger partial charge is 0.363 e. The molecule has 0 fully saturated rings. The van der Waals surface area contributed by atoms with Gasteiger partial charge in [-0.05, 0) is 11.1 Å². The number of aliphatic hydroxyl groups is 1. The average molecular weight is 257 g/mol. The lowest BCUT2D eigenvalue weighted by atomic mass is 9.92. The lowest BCUT2D eigenvalue weighted by molar-refractivity contribution is -0.269. The van der Waals surface area contributed by atoms with Crippen molar-refractivity contribution in [3.63, 3.8) is 0 Å². The topological polar surface area (TPSA) is 49.3 Å². The van der Waals surface area contributed by atoms with Gasteiger partial charge in [0, 0.05) is 12.5 Å². The highest BCUT2D eigenvalue weighted by Gasteiger charge is 2.56. The van der Waals surface area contributed by atoms with Crippen LogP contribution in [0.3, 0.4) is 0 Å². The first kappa shape index (κ1) is 12.6. The van der Waals surface area contributed by atoms with Crippen LogP contribution in [-0.2, 0) is 4.79 Å². The molecule has 3 nitrogen and oxygen atoms in total. The van der Waals surface area contributed by atoms with Gasteiger partial charge in [0.25, 0.3) is 0 Å². The minimum Gasteiger partial charge on any atom is -0.363 e. The van der Waals surface area contributed by atoms with Crippen LogP contribution in [0, 0.1) is 0 Å². The highest BCUT2D eigenvalue weighted by Crippen LogP contribution is 2.37. The maximum atomic E-state index is 12.7. The molecule has 0 saturated carbocycles. The van der Waals surface area contributed by atoms with E-state index in [2.05, 4.69) is 0 Å². The molecule has 0 aromatic heterocycles. The predicted octanol–water partition coefficient (Wildman–Crippen LogP) is 1.84. The fourth-order valence-electron chi connectivity index (χ4n) is 1.78. The molecule has 2 rings (SSSR count). The lowest BCUT2D eigenvalue weighted by Crippen LogP contribution is -2.60. The van der Waals surface area contributed by atoms with Crippen LogP contribution < -0.4 is 5.32 Å². The summed E-state index contributed by atoms with van der Waals surface area (Å²) in [5.74, 6) is -0.958. The Morgan fingerprint density at radius 3 is 2.39 bits per heavy atom. The van der Waals surface area contributed by atoms with Gasteiger partial charge >= 0.3 is 6.18 Å². The number of hydrogen-bond acceptors (Lipinski definition) is 2. The zero-order chi connectivity index (χ0) is 13.4. The van der Waals surface area contributed by atoms with Gasteiger partial charge in [0.1, 0.15) is 0 Å². The molecule has 1 aliphatic heterocycles. The highest BCUT2D eigenvalue weighted by atomic mass is 19.4. The maximum Gasteiger partial charge on any atom is 0.436 e. The van der Waals surface area contributed by atoms with Crippen molar-refractivity contribution >= 4 is 11.5 Å². The van der Waals surface area contributed by atoms with E-state index >= 15 is 0 Å². The van der Waals surface area contributed by atoms with Crippen molar-refractivity contribution in [2.45, 2.75) is 18.3 Å². The summed E-state index contributed by atoms with van der Waals surface area (Å²) in [6.07, 6.45) is -4.56. The van der Waals surface area contributed by atoms with Crippen molar-refractivity contribution < 1.29 is 23.1 Å². The minimum absolute atomic E-state index is 0.152. The molecule has 0 saturated heterocycles. The van der Waals surface area contributed by atoms with E-state index in [0.717, 1.165) is 6.08 Å². The molecule has 6 heteroatoms. The van der Waals surface area contributed by atoms with Crippen molar-refractivity contribution in [2.24, 2.45) is 0 Å². The van der Waals surface area contributed by atoms with Gasteiger partial charge in [0.05, 0.1) is 0 Å². The summed E-state index contributed by atoms with van der Waals surface area (Å²) >= 11 is 0. The number of alkyl halides is 3. The van der Waals surface area contributed by atoms with Crippen molar-refractivity contribution in [3.8, 4) is 0 Å². The van der Waals surface area contributed by atoms with Crippen molar-refractivity contribution in [1.29, 1.82) is 0 Å². The molecule has 2 N–H and O–H groups in total. The number of nitrogens with one attached hydrogen (secondary N) is 1. The quantitative estimate of drug-likeness (QED) is 0.806. The van der Waals surface area contributed by atoms with Crippen LogP contribution in [0.15, 0.2) is 36.4 Å². The Balaban J connectivity index is 2.38. The second kappa shape index (κ2) is 4.13. The summed E-state index contributed by atoms with van der Waals surface area (Å²) in [4.78, 5) is 11.3. The largest absolute Gasteiger partial charge is 0.436 e.